The van der Waals surface area contributed by atoms with Gasteiger partial charge < -0.3 is 20.2 Å². The molecule has 0 spiro atoms. The van der Waals surface area contributed by atoms with Crippen LogP contribution < -0.4 is 5.32 Å². The summed E-state index contributed by atoms with van der Waals surface area (Å²) in [6.07, 6.45) is 1.72. The van der Waals surface area contributed by atoms with Gasteiger partial charge in [0.15, 0.2) is 5.78 Å². The molecule has 136 valence electrons. The maximum atomic E-state index is 14.2. The number of ketones is 1. The number of carboxylic acid groups (broad SMARTS) is 1. The van der Waals surface area contributed by atoms with E-state index in [0.717, 1.165) is 5.56 Å². The third-order valence-corrected chi connectivity index (χ3v) is 4.59. The summed E-state index contributed by atoms with van der Waals surface area (Å²) in [6, 6.07) is 4.53. The zero-order valence-electron chi connectivity index (χ0n) is 14.5. The summed E-state index contributed by atoms with van der Waals surface area (Å²) >= 11 is 0. The Kier molecular flexibility index (Phi) is 4.27. The number of aliphatic carboxylic acids is 1. The average molecular weight is 359 g/mol. The second kappa shape index (κ2) is 6.29. The number of carbonyl (C=O) groups is 3. The molecule has 0 saturated heterocycles. The Morgan fingerprint density at radius 3 is 2.58 bits per heavy atom. The Hall–Kier alpha value is -3.16. The van der Waals surface area contributed by atoms with Crippen LogP contribution in [0.2, 0.25) is 0 Å². The summed E-state index contributed by atoms with van der Waals surface area (Å²) < 4.78 is 14.2. The summed E-state index contributed by atoms with van der Waals surface area (Å²) in [4.78, 5) is 39.3. The lowest BCUT2D eigenvalue weighted by Gasteiger charge is -2.45. The molecule has 2 aliphatic rings. The zero-order chi connectivity index (χ0) is 19.2. The van der Waals surface area contributed by atoms with Crippen molar-refractivity contribution in [1.82, 2.24) is 9.80 Å². The van der Waals surface area contributed by atoms with Crippen molar-refractivity contribution in [2.75, 3.05) is 19.4 Å². The number of anilines is 1. The number of benzene rings is 1. The highest BCUT2D eigenvalue weighted by Gasteiger charge is 2.46. The maximum Gasteiger partial charge on any atom is 0.340 e. The van der Waals surface area contributed by atoms with Crippen LogP contribution in [0, 0.1) is 18.7 Å². The highest BCUT2D eigenvalue weighted by molar-refractivity contribution is 6.19. The lowest BCUT2D eigenvalue weighted by Crippen LogP contribution is -2.58. The number of hydrogen-bond donors (Lipinski definition) is 2. The van der Waals surface area contributed by atoms with Crippen molar-refractivity contribution in [1.29, 1.82) is 0 Å². The first kappa shape index (κ1) is 17.7. The maximum absolute atomic E-state index is 14.2. The van der Waals surface area contributed by atoms with Crippen molar-refractivity contribution in [3.8, 4) is 0 Å². The molecule has 1 aromatic carbocycles. The van der Waals surface area contributed by atoms with Crippen LogP contribution in [0.3, 0.4) is 0 Å². The number of carbonyl (C=O) groups excluding carboxylic acids is 2. The molecule has 0 aromatic heterocycles. The molecule has 0 aliphatic carbocycles. The third-order valence-electron chi connectivity index (χ3n) is 4.59. The quantitative estimate of drug-likeness (QED) is 0.792. The number of halogens is 1. The Bertz CT molecular complexity index is 877. The zero-order valence-corrected chi connectivity index (χ0v) is 14.5. The Labute approximate surface area is 149 Å². The first-order valence-electron chi connectivity index (χ1n) is 7.93. The van der Waals surface area contributed by atoms with Gasteiger partial charge in [0, 0.05) is 32.1 Å². The number of carboxylic acids is 1. The fourth-order valence-corrected chi connectivity index (χ4v) is 3.29. The first-order chi connectivity index (χ1) is 12.2. The molecule has 2 unspecified atom stereocenters. The van der Waals surface area contributed by atoms with Crippen LogP contribution in [0.5, 0.6) is 0 Å². The van der Waals surface area contributed by atoms with Crippen LogP contribution in [0.25, 0.3) is 0 Å². The summed E-state index contributed by atoms with van der Waals surface area (Å²) in [5.74, 6) is -3.83. The smallest absolute Gasteiger partial charge is 0.340 e. The minimum atomic E-state index is -1.35. The molecule has 0 fully saturated rings. The fraction of sp³-hybridized carbons (Fsp3) is 0.278. The summed E-state index contributed by atoms with van der Waals surface area (Å²) in [5, 5.41) is 12.1. The van der Waals surface area contributed by atoms with Gasteiger partial charge in [-0.15, -0.1) is 0 Å². The molecule has 7 nitrogen and oxygen atoms in total. The first-order valence-corrected chi connectivity index (χ1v) is 7.93. The molecule has 0 saturated carbocycles. The van der Waals surface area contributed by atoms with E-state index in [1.165, 1.54) is 41.3 Å². The lowest BCUT2D eigenvalue weighted by atomic mass is 9.85. The van der Waals surface area contributed by atoms with Crippen LogP contribution in [0.15, 0.2) is 41.7 Å². The standard InChI is InChI=1S/C18H18FN3O4/c1-9-4-5-12(11(19)6-9)20-13-7-14(23)22(3)17-15(13)16(24)10(18(25)26)8-21(17)2/h4-8,15,17,20H,1-3H3,(H,25,26). The van der Waals surface area contributed by atoms with Crippen LogP contribution in [0.4, 0.5) is 10.1 Å². The number of likely N-dealkylation sites (N-methyl/N-ethyl adjacent to an activating group) is 1. The third kappa shape index (κ3) is 2.83. The molecule has 3 rings (SSSR count). The van der Waals surface area contributed by atoms with Crippen molar-refractivity contribution >= 4 is 23.3 Å². The van der Waals surface area contributed by atoms with Gasteiger partial charge in [-0.2, -0.15) is 0 Å². The molecule has 2 aliphatic heterocycles. The van der Waals surface area contributed by atoms with Gasteiger partial charge in [-0.05, 0) is 24.6 Å². The summed E-state index contributed by atoms with van der Waals surface area (Å²) in [7, 11) is 3.12. The van der Waals surface area contributed by atoms with Gasteiger partial charge in [0.2, 0.25) is 5.91 Å². The Balaban J connectivity index is 2.05. The van der Waals surface area contributed by atoms with E-state index in [1.54, 1.807) is 20.0 Å². The highest BCUT2D eigenvalue weighted by Crippen LogP contribution is 2.34. The van der Waals surface area contributed by atoms with E-state index in [0.29, 0.717) is 0 Å². The van der Waals surface area contributed by atoms with Crippen LogP contribution in [0.1, 0.15) is 5.56 Å². The SMILES string of the molecule is Cc1ccc(NC2=CC(=O)N(C)C3C2C(=O)C(C(=O)O)=CN3C)c(F)c1. The topological polar surface area (TPSA) is 90.0 Å². The normalized spacial score (nSPS) is 22.6. The monoisotopic (exact) mass is 359 g/mol. The minimum absolute atomic E-state index is 0.111. The number of Topliss-reactive ketones (excluding diaryl/α,β-unsaturated/α-hetero) is 1. The van der Waals surface area contributed by atoms with E-state index in [9.17, 15) is 23.9 Å². The number of fused-ring (bicyclic) bond motifs is 1. The number of aryl methyl sites for hydroxylation is 1. The summed E-state index contributed by atoms with van der Waals surface area (Å²) in [5.41, 5.74) is 0.627. The van der Waals surface area contributed by atoms with Gasteiger partial charge >= 0.3 is 5.97 Å². The van der Waals surface area contributed by atoms with E-state index in [2.05, 4.69) is 5.32 Å². The van der Waals surface area contributed by atoms with Crippen LogP contribution >= 0.6 is 0 Å². The lowest BCUT2D eigenvalue weighted by molar-refractivity contribution is -0.139. The molecular weight excluding hydrogens is 341 g/mol. The molecule has 1 amide bonds. The van der Waals surface area contributed by atoms with E-state index < -0.39 is 29.7 Å². The molecule has 2 heterocycles. The number of hydrogen-bond acceptors (Lipinski definition) is 5. The van der Waals surface area contributed by atoms with Gasteiger partial charge in [-0.1, -0.05) is 6.07 Å². The number of nitrogens with one attached hydrogen (secondary N) is 1. The second-order valence-electron chi connectivity index (χ2n) is 6.43. The van der Waals surface area contributed by atoms with Crippen LogP contribution in [-0.4, -0.2) is 52.8 Å². The predicted molar refractivity (Wildman–Crippen MR) is 91.4 cm³/mol. The molecule has 0 bridgehead atoms. The molecule has 0 radical (unpaired) electrons. The molecular formula is C18H18FN3O4. The van der Waals surface area contributed by atoms with E-state index in [1.807, 2.05) is 0 Å². The van der Waals surface area contributed by atoms with Crippen molar-refractivity contribution < 1.29 is 23.9 Å². The minimum Gasteiger partial charge on any atom is -0.478 e. The van der Waals surface area contributed by atoms with Crippen molar-refractivity contribution in [2.45, 2.75) is 13.1 Å². The highest BCUT2D eigenvalue weighted by atomic mass is 19.1. The molecule has 2 N–H and O–H groups in total. The molecule has 26 heavy (non-hydrogen) atoms. The fourth-order valence-electron chi connectivity index (χ4n) is 3.29. The van der Waals surface area contributed by atoms with Crippen LogP contribution in [-0.2, 0) is 14.4 Å². The second-order valence-corrected chi connectivity index (χ2v) is 6.43. The van der Waals surface area contributed by atoms with Gasteiger partial charge in [-0.25, -0.2) is 9.18 Å². The number of rotatable bonds is 3. The molecule has 8 heteroatoms. The van der Waals surface area contributed by atoms with E-state index in [-0.39, 0.29) is 22.9 Å². The molecule has 1 aromatic rings. The van der Waals surface area contributed by atoms with Gasteiger partial charge in [0.05, 0.1) is 5.69 Å². The van der Waals surface area contributed by atoms with Gasteiger partial charge in [0.1, 0.15) is 23.5 Å². The molecule has 2 atom stereocenters. The van der Waals surface area contributed by atoms with Crippen molar-refractivity contribution in [3.63, 3.8) is 0 Å². The number of nitrogens with zero attached hydrogens (tertiary/aromatic N) is 2. The van der Waals surface area contributed by atoms with Crippen molar-refractivity contribution in [3.05, 3.63) is 53.1 Å². The van der Waals surface area contributed by atoms with Crippen molar-refractivity contribution in [2.24, 2.45) is 5.92 Å². The van der Waals surface area contributed by atoms with E-state index in [4.69, 9.17) is 0 Å². The Morgan fingerprint density at radius 1 is 1.27 bits per heavy atom. The van der Waals surface area contributed by atoms with Gasteiger partial charge in [-0.3, -0.25) is 9.59 Å². The van der Waals surface area contributed by atoms with E-state index >= 15 is 0 Å². The Morgan fingerprint density at radius 2 is 1.96 bits per heavy atom. The van der Waals surface area contributed by atoms with Gasteiger partial charge in [0.25, 0.3) is 0 Å². The average Bonchev–Trinajstić information content (AvgIpc) is 2.56. The summed E-state index contributed by atoms with van der Waals surface area (Å²) in [6.45, 7) is 1.74. The largest absolute Gasteiger partial charge is 0.478 e. The number of amides is 1. The predicted octanol–water partition coefficient (Wildman–Crippen LogP) is 1.33.